The molecule has 0 spiro atoms. The Bertz CT molecular complexity index is 225. The SMILES string of the molecule is CCC(C)[O][Sn]([CH2]C)([CH2]CCCC(C)N)[O]C(C)CC. The molecule has 0 saturated carbocycles. The molecule has 3 unspecified atom stereocenters. The van der Waals surface area contributed by atoms with Gasteiger partial charge in [-0.2, -0.15) is 0 Å². The standard InChI is InChI=1S/C6H14N.2C4H9O.C2H5.Sn/c1-3-4-5-6(2)7;2*1-3-4(2)5;1-2;/h6H,1,3-5,7H2,2H3;2*4H,3H2,1-2H3;1H2,2H3;/q;2*-1;;+2. The van der Waals surface area contributed by atoms with Gasteiger partial charge in [0.15, 0.2) is 0 Å². The molecule has 0 aliphatic rings. The van der Waals surface area contributed by atoms with Gasteiger partial charge in [-0.3, -0.25) is 0 Å². The van der Waals surface area contributed by atoms with Crippen LogP contribution in [0.2, 0.25) is 8.87 Å². The predicted molar refractivity (Wildman–Crippen MR) is 90.2 cm³/mol. The molecule has 0 fully saturated rings. The molecule has 0 saturated heterocycles. The maximum atomic E-state index is 6.47. The van der Waals surface area contributed by atoms with Gasteiger partial charge in [-0.05, 0) is 0 Å². The summed E-state index contributed by atoms with van der Waals surface area (Å²) in [7, 11) is 0. The topological polar surface area (TPSA) is 44.5 Å². The van der Waals surface area contributed by atoms with E-state index >= 15 is 0 Å². The van der Waals surface area contributed by atoms with Gasteiger partial charge in [0.2, 0.25) is 0 Å². The fourth-order valence-corrected chi connectivity index (χ4v) is 12.4. The van der Waals surface area contributed by atoms with Gasteiger partial charge in [-0.15, -0.1) is 0 Å². The van der Waals surface area contributed by atoms with Crippen LogP contribution < -0.4 is 5.73 Å². The van der Waals surface area contributed by atoms with E-state index in [-0.39, 0.29) is 0 Å². The van der Waals surface area contributed by atoms with Crippen molar-refractivity contribution in [1.29, 1.82) is 0 Å². The van der Waals surface area contributed by atoms with Crippen molar-refractivity contribution in [2.75, 3.05) is 0 Å². The summed E-state index contributed by atoms with van der Waals surface area (Å²) in [5.74, 6) is 0. The van der Waals surface area contributed by atoms with Crippen LogP contribution in [0.3, 0.4) is 0 Å². The molecule has 0 aliphatic carbocycles. The molecule has 0 amide bonds. The van der Waals surface area contributed by atoms with E-state index in [9.17, 15) is 0 Å². The third kappa shape index (κ3) is 8.85. The van der Waals surface area contributed by atoms with E-state index < -0.39 is 19.2 Å². The van der Waals surface area contributed by atoms with Crippen LogP contribution in [0, 0.1) is 0 Å². The quantitative estimate of drug-likeness (QED) is 0.389. The van der Waals surface area contributed by atoms with Crippen molar-refractivity contribution in [2.24, 2.45) is 5.73 Å². The molecule has 0 aromatic rings. The zero-order valence-corrected chi connectivity index (χ0v) is 17.4. The van der Waals surface area contributed by atoms with Crippen molar-refractivity contribution >= 4 is 19.2 Å². The van der Waals surface area contributed by atoms with Crippen molar-refractivity contribution in [1.82, 2.24) is 0 Å². The Labute approximate surface area is 131 Å². The zero-order chi connectivity index (χ0) is 15.6. The molecule has 0 aliphatic heterocycles. The van der Waals surface area contributed by atoms with Crippen LogP contribution >= 0.6 is 0 Å². The van der Waals surface area contributed by atoms with Crippen molar-refractivity contribution in [2.45, 2.75) is 101 Å². The number of unbranched alkanes of at least 4 members (excludes halogenated alkanes) is 1. The van der Waals surface area contributed by atoms with Crippen LogP contribution in [-0.4, -0.2) is 37.5 Å². The van der Waals surface area contributed by atoms with E-state index in [1.54, 1.807) is 0 Å². The Morgan fingerprint density at radius 3 is 1.75 bits per heavy atom. The minimum absolute atomic E-state index is 0.312. The zero-order valence-electron chi connectivity index (χ0n) is 14.6. The van der Waals surface area contributed by atoms with E-state index in [4.69, 9.17) is 11.9 Å². The second-order valence-corrected chi connectivity index (χ2v) is 16.1. The summed E-state index contributed by atoms with van der Waals surface area (Å²) in [6.45, 7) is 13.1. The number of rotatable bonds is 12. The van der Waals surface area contributed by atoms with E-state index in [0.717, 1.165) is 23.7 Å². The molecule has 0 heterocycles. The normalized spacial score (nSPS) is 19.4. The van der Waals surface area contributed by atoms with E-state index in [1.807, 2.05) is 0 Å². The van der Waals surface area contributed by atoms with Crippen molar-refractivity contribution in [3.05, 3.63) is 0 Å². The number of nitrogens with two attached hydrogens (primary N) is 1. The molecule has 0 aromatic carbocycles. The van der Waals surface area contributed by atoms with Gasteiger partial charge in [0.25, 0.3) is 0 Å². The van der Waals surface area contributed by atoms with Gasteiger partial charge in [0, 0.05) is 0 Å². The monoisotopic (exact) mass is 395 g/mol. The summed E-state index contributed by atoms with van der Waals surface area (Å²) in [5, 5.41) is 0. The fourth-order valence-electron chi connectivity index (χ4n) is 2.25. The van der Waals surface area contributed by atoms with Crippen molar-refractivity contribution < 1.29 is 6.15 Å². The average Bonchev–Trinajstić information content (AvgIpc) is 2.42. The molecule has 3 atom stereocenters. The summed E-state index contributed by atoms with van der Waals surface area (Å²) in [4.78, 5) is 0. The van der Waals surface area contributed by atoms with Gasteiger partial charge in [-0.1, -0.05) is 0 Å². The first-order valence-electron chi connectivity index (χ1n) is 8.50. The van der Waals surface area contributed by atoms with Crippen LogP contribution in [-0.2, 0) is 6.15 Å². The summed E-state index contributed by atoms with van der Waals surface area (Å²) in [6.07, 6.45) is 6.33. The third-order valence-electron chi connectivity index (χ3n) is 3.99. The van der Waals surface area contributed by atoms with Gasteiger partial charge in [0.1, 0.15) is 0 Å². The van der Waals surface area contributed by atoms with Crippen LogP contribution in [0.5, 0.6) is 0 Å². The molecule has 3 nitrogen and oxygen atoms in total. The van der Waals surface area contributed by atoms with Crippen LogP contribution in [0.25, 0.3) is 0 Å². The maximum absolute atomic E-state index is 6.47. The first-order valence-corrected chi connectivity index (χ1v) is 14.9. The van der Waals surface area contributed by atoms with Gasteiger partial charge >= 0.3 is 132 Å². The van der Waals surface area contributed by atoms with E-state index in [0.29, 0.717) is 18.2 Å². The summed E-state index contributed by atoms with van der Waals surface area (Å²) < 4.78 is 15.2. The molecule has 0 aromatic heterocycles. The van der Waals surface area contributed by atoms with Crippen molar-refractivity contribution in [3.8, 4) is 0 Å². The van der Waals surface area contributed by atoms with Crippen LogP contribution in [0.15, 0.2) is 0 Å². The van der Waals surface area contributed by atoms with Crippen LogP contribution in [0.4, 0.5) is 0 Å². The molecular weight excluding hydrogens is 357 g/mol. The van der Waals surface area contributed by atoms with Gasteiger partial charge < -0.3 is 0 Å². The van der Waals surface area contributed by atoms with E-state index in [1.165, 1.54) is 17.3 Å². The summed E-state index contributed by atoms with van der Waals surface area (Å²) >= 11 is -2.89. The minimum atomic E-state index is -2.89. The molecule has 122 valence electrons. The molecular formula is C16H37NO2Sn. The Hall–Kier alpha value is 0.679. The number of hydrogen-bond donors (Lipinski definition) is 1. The fraction of sp³-hybridized carbons (Fsp3) is 1.00. The number of hydrogen-bond acceptors (Lipinski definition) is 3. The third-order valence-corrected chi connectivity index (χ3v) is 15.0. The Kier molecular flexibility index (Phi) is 11.7. The van der Waals surface area contributed by atoms with E-state index in [2.05, 4.69) is 41.5 Å². The van der Waals surface area contributed by atoms with Gasteiger partial charge in [0.05, 0.1) is 0 Å². The van der Waals surface area contributed by atoms with Crippen LogP contribution in [0.1, 0.15) is 73.6 Å². The molecule has 0 rings (SSSR count). The Morgan fingerprint density at radius 1 is 0.900 bits per heavy atom. The first-order chi connectivity index (χ1) is 9.39. The second-order valence-electron chi connectivity index (χ2n) is 6.16. The predicted octanol–water partition coefficient (Wildman–Crippen LogP) is 4.60. The molecule has 2 N–H and O–H groups in total. The Morgan fingerprint density at radius 2 is 1.40 bits per heavy atom. The first kappa shape index (κ1) is 20.7. The molecule has 0 radical (unpaired) electrons. The average molecular weight is 394 g/mol. The molecule has 0 bridgehead atoms. The summed E-state index contributed by atoms with van der Waals surface area (Å²) in [5.41, 5.74) is 5.83. The van der Waals surface area contributed by atoms with Crippen molar-refractivity contribution in [3.63, 3.8) is 0 Å². The molecule has 4 heteroatoms. The van der Waals surface area contributed by atoms with Gasteiger partial charge in [-0.25, -0.2) is 0 Å². The molecule has 20 heavy (non-hydrogen) atoms. The summed E-state index contributed by atoms with van der Waals surface area (Å²) in [6, 6.07) is 0.312. The second kappa shape index (κ2) is 11.3. The Balaban J connectivity index is 4.55.